The first kappa shape index (κ1) is 23.1. The molecule has 1 fully saturated rings. The van der Waals surface area contributed by atoms with E-state index in [1.807, 2.05) is 12.1 Å². The molecule has 6 nitrogen and oxygen atoms in total. The Balaban J connectivity index is 1.37. The molecular formula is C25H35N3O3. The zero-order valence-electron chi connectivity index (χ0n) is 19.0. The molecule has 31 heavy (non-hydrogen) atoms. The number of carbonyl (C=O) groups is 1. The first-order valence-corrected chi connectivity index (χ1v) is 11.1. The van der Waals surface area contributed by atoms with E-state index in [-0.39, 0.29) is 5.91 Å². The highest BCUT2D eigenvalue weighted by atomic mass is 16.5. The Kier molecular flexibility index (Phi) is 8.74. The molecule has 168 valence electrons. The van der Waals surface area contributed by atoms with E-state index in [1.54, 1.807) is 14.2 Å². The van der Waals surface area contributed by atoms with Gasteiger partial charge in [0.1, 0.15) is 0 Å². The summed E-state index contributed by atoms with van der Waals surface area (Å²) in [5.41, 5.74) is 3.77. The average Bonchev–Trinajstić information content (AvgIpc) is 2.79. The Labute approximate surface area is 186 Å². The van der Waals surface area contributed by atoms with E-state index >= 15 is 0 Å². The molecule has 2 aromatic carbocycles. The number of carbonyl (C=O) groups excluding carboxylic acids is 1. The first-order chi connectivity index (χ1) is 15.1. The predicted molar refractivity (Wildman–Crippen MR) is 124 cm³/mol. The SMILES string of the molecule is COc1cc(C)c(CN2CCN(CC(=O)NCCCc3ccccc3)CC2)cc1OC. The number of benzene rings is 2. The van der Waals surface area contributed by atoms with E-state index in [4.69, 9.17) is 9.47 Å². The van der Waals surface area contributed by atoms with Gasteiger partial charge in [-0.25, -0.2) is 0 Å². The Morgan fingerprint density at radius 1 is 0.968 bits per heavy atom. The van der Waals surface area contributed by atoms with Crippen LogP contribution >= 0.6 is 0 Å². The average molecular weight is 426 g/mol. The van der Waals surface area contributed by atoms with Gasteiger partial charge in [-0.05, 0) is 48.6 Å². The lowest BCUT2D eigenvalue weighted by Gasteiger charge is -2.34. The van der Waals surface area contributed by atoms with E-state index in [1.165, 1.54) is 16.7 Å². The summed E-state index contributed by atoms with van der Waals surface area (Å²) in [7, 11) is 3.33. The summed E-state index contributed by atoms with van der Waals surface area (Å²) >= 11 is 0. The lowest BCUT2D eigenvalue weighted by molar-refractivity contribution is -0.122. The highest BCUT2D eigenvalue weighted by Crippen LogP contribution is 2.30. The van der Waals surface area contributed by atoms with Crippen LogP contribution in [0.15, 0.2) is 42.5 Å². The zero-order chi connectivity index (χ0) is 22.1. The van der Waals surface area contributed by atoms with Gasteiger partial charge in [-0.1, -0.05) is 30.3 Å². The van der Waals surface area contributed by atoms with Crippen LogP contribution in [0.2, 0.25) is 0 Å². The van der Waals surface area contributed by atoms with Crippen molar-refractivity contribution in [2.75, 3.05) is 53.5 Å². The topological polar surface area (TPSA) is 54.0 Å². The number of methoxy groups -OCH3 is 2. The van der Waals surface area contributed by atoms with Gasteiger partial charge in [-0.2, -0.15) is 0 Å². The van der Waals surface area contributed by atoms with Crippen molar-refractivity contribution < 1.29 is 14.3 Å². The van der Waals surface area contributed by atoms with Crippen LogP contribution in [-0.2, 0) is 17.8 Å². The summed E-state index contributed by atoms with van der Waals surface area (Å²) in [4.78, 5) is 17.0. The van der Waals surface area contributed by atoms with E-state index in [0.717, 1.165) is 63.6 Å². The second-order valence-corrected chi connectivity index (χ2v) is 8.13. The Morgan fingerprint density at radius 3 is 2.29 bits per heavy atom. The minimum absolute atomic E-state index is 0.122. The van der Waals surface area contributed by atoms with Crippen LogP contribution < -0.4 is 14.8 Å². The first-order valence-electron chi connectivity index (χ1n) is 11.1. The van der Waals surface area contributed by atoms with Crippen LogP contribution in [0.1, 0.15) is 23.1 Å². The molecule has 1 amide bonds. The van der Waals surface area contributed by atoms with Gasteiger partial charge in [0.05, 0.1) is 20.8 Å². The standard InChI is InChI=1S/C25H35N3O3/c1-20-16-23(30-2)24(31-3)17-22(20)18-27-12-14-28(15-13-27)19-25(29)26-11-7-10-21-8-5-4-6-9-21/h4-6,8-9,16-17H,7,10-15,18-19H2,1-3H3,(H,26,29). The number of ether oxygens (including phenoxy) is 2. The molecule has 1 N–H and O–H groups in total. The van der Waals surface area contributed by atoms with E-state index in [9.17, 15) is 4.79 Å². The van der Waals surface area contributed by atoms with Gasteiger partial charge in [0.2, 0.25) is 5.91 Å². The fourth-order valence-corrected chi connectivity index (χ4v) is 3.96. The quantitative estimate of drug-likeness (QED) is 0.594. The van der Waals surface area contributed by atoms with Gasteiger partial charge in [0, 0.05) is 39.3 Å². The minimum Gasteiger partial charge on any atom is -0.493 e. The van der Waals surface area contributed by atoms with Crippen molar-refractivity contribution in [1.82, 2.24) is 15.1 Å². The van der Waals surface area contributed by atoms with Crippen LogP contribution in [0, 0.1) is 6.92 Å². The van der Waals surface area contributed by atoms with Crippen molar-refractivity contribution in [2.45, 2.75) is 26.3 Å². The van der Waals surface area contributed by atoms with E-state index in [2.05, 4.69) is 52.4 Å². The summed E-state index contributed by atoms with van der Waals surface area (Å²) in [6.45, 7) is 7.92. The molecule has 1 aliphatic rings. The molecule has 0 saturated carbocycles. The van der Waals surface area contributed by atoms with Gasteiger partial charge >= 0.3 is 0 Å². The van der Waals surface area contributed by atoms with Crippen molar-refractivity contribution in [2.24, 2.45) is 0 Å². The molecule has 1 heterocycles. The summed E-state index contributed by atoms with van der Waals surface area (Å²) in [5, 5.41) is 3.06. The van der Waals surface area contributed by atoms with Crippen molar-refractivity contribution in [3.05, 3.63) is 59.2 Å². The van der Waals surface area contributed by atoms with Crippen LogP contribution in [0.3, 0.4) is 0 Å². The second-order valence-electron chi connectivity index (χ2n) is 8.13. The minimum atomic E-state index is 0.122. The largest absolute Gasteiger partial charge is 0.493 e. The maximum absolute atomic E-state index is 12.3. The summed E-state index contributed by atoms with van der Waals surface area (Å²) in [6.07, 6.45) is 1.96. The molecule has 1 saturated heterocycles. The normalized spacial score (nSPS) is 14.9. The van der Waals surface area contributed by atoms with E-state index < -0.39 is 0 Å². The number of hydrogen-bond donors (Lipinski definition) is 1. The molecule has 0 bridgehead atoms. The van der Waals surface area contributed by atoms with Crippen molar-refractivity contribution in [3.63, 3.8) is 0 Å². The lowest BCUT2D eigenvalue weighted by atomic mass is 10.1. The Bertz CT molecular complexity index is 833. The fourth-order valence-electron chi connectivity index (χ4n) is 3.96. The number of nitrogens with one attached hydrogen (secondary N) is 1. The molecule has 3 rings (SSSR count). The summed E-state index contributed by atoms with van der Waals surface area (Å²) in [6, 6.07) is 14.5. The molecular weight excluding hydrogens is 390 g/mol. The van der Waals surface area contributed by atoms with Crippen molar-refractivity contribution in [3.8, 4) is 11.5 Å². The Hall–Kier alpha value is -2.57. The number of hydrogen-bond acceptors (Lipinski definition) is 5. The highest BCUT2D eigenvalue weighted by Gasteiger charge is 2.20. The maximum Gasteiger partial charge on any atom is 0.234 e. The van der Waals surface area contributed by atoms with E-state index in [0.29, 0.717) is 6.54 Å². The fraction of sp³-hybridized carbons (Fsp3) is 0.480. The Morgan fingerprint density at radius 2 is 1.61 bits per heavy atom. The van der Waals surface area contributed by atoms with Crippen molar-refractivity contribution in [1.29, 1.82) is 0 Å². The molecule has 0 unspecified atom stereocenters. The lowest BCUT2D eigenvalue weighted by Crippen LogP contribution is -2.49. The van der Waals surface area contributed by atoms with Crippen LogP contribution in [-0.4, -0.2) is 69.2 Å². The number of aryl methyl sites for hydroxylation is 2. The van der Waals surface area contributed by atoms with Crippen LogP contribution in [0.5, 0.6) is 11.5 Å². The zero-order valence-corrected chi connectivity index (χ0v) is 19.0. The maximum atomic E-state index is 12.3. The second kappa shape index (κ2) is 11.7. The monoisotopic (exact) mass is 425 g/mol. The molecule has 0 aromatic heterocycles. The van der Waals surface area contributed by atoms with Gasteiger partial charge in [-0.15, -0.1) is 0 Å². The molecule has 2 aromatic rings. The smallest absolute Gasteiger partial charge is 0.234 e. The van der Waals surface area contributed by atoms with Gasteiger partial charge in [0.25, 0.3) is 0 Å². The molecule has 0 atom stereocenters. The number of rotatable bonds is 10. The van der Waals surface area contributed by atoms with Gasteiger partial charge in [0.15, 0.2) is 11.5 Å². The molecule has 6 heteroatoms. The molecule has 1 aliphatic heterocycles. The third-order valence-corrected chi connectivity index (χ3v) is 5.88. The van der Waals surface area contributed by atoms with Gasteiger partial charge < -0.3 is 14.8 Å². The predicted octanol–water partition coefficient (Wildman–Crippen LogP) is 2.88. The number of piperazine rings is 1. The number of nitrogens with zero attached hydrogens (tertiary/aromatic N) is 2. The molecule has 0 aliphatic carbocycles. The van der Waals surface area contributed by atoms with Crippen molar-refractivity contribution >= 4 is 5.91 Å². The van der Waals surface area contributed by atoms with Crippen LogP contribution in [0.4, 0.5) is 0 Å². The molecule has 0 spiro atoms. The summed E-state index contributed by atoms with van der Waals surface area (Å²) in [5.74, 6) is 1.66. The number of amides is 1. The highest BCUT2D eigenvalue weighted by molar-refractivity contribution is 5.78. The summed E-state index contributed by atoms with van der Waals surface area (Å²) < 4.78 is 10.8. The van der Waals surface area contributed by atoms with Crippen LogP contribution in [0.25, 0.3) is 0 Å². The van der Waals surface area contributed by atoms with Gasteiger partial charge in [-0.3, -0.25) is 14.6 Å². The molecule has 0 radical (unpaired) electrons. The third-order valence-electron chi connectivity index (χ3n) is 5.88. The third kappa shape index (κ3) is 6.97.